The lowest BCUT2D eigenvalue weighted by Crippen LogP contribution is -2.21. The van der Waals surface area contributed by atoms with Gasteiger partial charge >= 0.3 is 0 Å². The predicted octanol–water partition coefficient (Wildman–Crippen LogP) is 0.909. The fraction of sp³-hybridized carbons (Fsp3) is 0.0769. The van der Waals surface area contributed by atoms with Crippen LogP contribution in [0.25, 0.3) is 0 Å². The summed E-state index contributed by atoms with van der Waals surface area (Å²) in [5.41, 5.74) is 0.793. The summed E-state index contributed by atoms with van der Waals surface area (Å²) < 4.78 is 0. The van der Waals surface area contributed by atoms with Gasteiger partial charge in [-0.1, -0.05) is 30.2 Å². The molecule has 0 heterocycles. The van der Waals surface area contributed by atoms with Crippen molar-refractivity contribution in [3.8, 4) is 11.8 Å². The lowest BCUT2D eigenvalue weighted by atomic mass is 10.2. The van der Waals surface area contributed by atoms with Crippen LogP contribution in [0.2, 0.25) is 0 Å². The highest BCUT2D eigenvalue weighted by Crippen LogP contribution is 1.94. The minimum atomic E-state index is -0.362. The topological polar surface area (TPSA) is 46.2 Å². The average molecular weight is 213 g/mol. The zero-order valence-corrected chi connectivity index (χ0v) is 8.64. The predicted molar refractivity (Wildman–Crippen MR) is 61.5 cm³/mol. The third-order valence-electron chi connectivity index (χ3n) is 1.69. The van der Waals surface area contributed by atoms with Gasteiger partial charge in [0.15, 0.2) is 0 Å². The van der Waals surface area contributed by atoms with Gasteiger partial charge in [-0.05, 0) is 18.2 Å². The molecule has 0 unspecified atom stereocenters. The molecule has 1 rings (SSSR count). The number of rotatable bonds is 3. The Morgan fingerprint density at radius 2 is 2.06 bits per heavy atom. The molecule has 0 saturated carbocycles. The molecule has 1 aromatic carbocycles. The standard InChI is InChI=1S/C13H11NO2/c15-11-5-4-10-14-13(16)9-8-12-6-2-1-3-7-12/h1-7,11H,10H2,(H,14,16)/b5-4+. The fourth-order valence-electron chi connectivity index (χ4n) is 0.970. The first-order valence-electron chi connectivity index (χ1n) is 4.78. The number of nitrogens with one attached hydrogen (secondary N) is 1. The second kappa shape index (κ2) is 7.02. The van der Waals surface area contributed by atoms with E-state index in [-0.39, 0.29) is 5.91 Å². The lowest BCUT2D eigenvalue weighted by Gasteiger charge is -1.92. The van der Waals surface area contributed by atoms with Gasteiger partial charge in [-0.3, -0.25) is 9.59 Å². The molecule has 0 spiro atoms. The molecule has 16 heavy (non-hydrogen) atoms. The van der Waals surface area contributed by atoms with E-state index in [1.165, 1.54) is 6.08 Å². The average Bonchev–Trinajstić information content (AvgIpc) is 2.33. The normalized spacial score (nSPS) is 9.25. The number of benzene rings is 1. The Kier molecular flexibility index (Phi) is 5.15. The van der Waals surface area contributed by atoms with Crippen molar-refractivity contribution in [2.24, 2.45) is 0 Å². The van der Waals surface area contributed by atoms with Gasteiger partial charge in [0, 0.05) is 18.0 Å². The van der Waals surface area contributed by atoms with E-state index in [0.29, 0.717) is 12.8 Å². The Labute approximate surface area is 94.2 Å². The van der Waals surface area contributed by atoms with Gasteiger partial charge < -0.3 is 5.32 Å². The first-order chi connectivity index (χ1) is 7.83. The van der Waals surface area contributed by atoms with E-state index in [1.54, 1.807) is 6.08 Å². The second-order valence-corrected chi connectivity index (χ2v) is 2.89. The zero-order valence-electron chi connectivity index (χ0n) is 8.64. The summed E-state index contributed by atoms with van der Waals surface area (Å²) in [5, 5.41) is 2.53. The molecule has 0 aromatic heterocycles. The first-order valence-corrected chi connectivity index (χ1v) is 4.78. The Morgan fingerprint density at radius 1 is 1.31 bits per heavy atom. The molecule has 0 aliphatic carbocycles. The van der Waals surface area contributed by atoms with Crippen LogP contribution in [0.4, 0.5) is 0 Å². The molecule has 0 saturated heterocycles. The smallest absolute Gasteiger partial charge is 0.296 e. The molecule has 1 amide bonds. The number of allylic oxidation sites excluding steroid dienone is 1. The molecule has 0 atom stereocenters. The van der Waals surface area contributed by atoms with Gasteiger partial charge in [-0.15, -0.1) is 0 Å². The summed E-state index contributed by atoms with van der Waals surface area (Å²) in [7, 11) is 0. The zero-order chi connectivity index (χ0) is 11.6. The molecule has 80 valence electrons. The van der Waals surface area contributed by atoms with E-state index in [9.17, 15) is 9.59 Å². The van der Waals surface area contributed by atoms with E-state index < -0.39 is 0 Å². The number of carbonyl (C=O) groups is 2. The van der Waals surface area contributed by atoms with Crippen LogP contribution in [0.1, 0.15) is 5.56 Å². The van der Waals surface area contributed by atoms with Crippen molar-refractivity contribution < 1.29 is 9.59 Å². The number of hydrogen-bond donors (Lipinski definition) is 1. The summed E-state index contributed by atoms with van der Waals surface area (Å²) in [6, 6.07) is 9.25. The highest BCUT2D eigenvalue weighted by Gasteiger charge is 1.90. The first kappa shape index (κ1) is 11.7. The SMILES string of the molecule is O=C/C=C/CNC(=O)C#Cc1ccccc1. The Balaban J connectivity index is 2.43. The molecule has 0 aliphatic rings. The van der Waals surface area contributed by atoms with Crippen LogP contribution in [0, 0.1) is 11.8 Å². The van der Waals surface area contributed by atoms with Crippen LogP contribution < -0.4 is 5.32 Å². The number of aldehydes is 1. The third kappa shape index (κ3) is 4.77. The molecule has 1 aromatic rings. The summed E-state index contributed by atoms with van der Waals surface area (Å²) >= 11 is 0. The van der Waals surface area contributed by atoms with Crippen LogP contribution >= 0.6 is 0 Å². The van der Waals surface area contributed by atoms with Crippen molar-refractivity contribution in [1.29, 1.82) is 0 Å². The van der Waals surface area contributed by atoms with Crippen LogP contribution in [-0.4, -0.2) is 18.7 Å². The Bertz CT molecular complexity index is 438. The molecule has 0 radical (unpaired) electrons. The number of hydrogen-bond acceptors (Lipinski definition) is 2. The van der Waals surface area contributed by atoms with Gasteiger partial charge in [0.2, 0.25) is 0 Å². The molecule has 0 bridgehead atoms. The maximum absolute atomic E-state index is 11.2. The van der Waals surface area contributed by atoms with E-state index in [0.717, 1.165) is 5.56 Å². The van der Waals surface area contributed by atoms with Gasteiger partial charge in [0.05, 0.1) is 0 Å². The molecule has 3 heteroatoms. The molecule has 0 aliphatic heterocycles. The van der Waals surface area contributed by atoms with Crippen molar-refractivity contribution in [3.63, 3.8) is 0 Å². The van der Waals surface area contributed by atoms with Crippen molar-refractivity contribution in [3.05, 3.63) is 48.0 Å². The number of amides is 1. The highest BCUT2D eigenvalue weighted by atomic mass is 16.1. The maximum atomic E-state index is 11.2. The van der Waals surface area contributed by atoms with Crippen molar-refractivity contribution >= 4 is 12.2 Å². The minimum absolute atomic E-state index is 0.307. The minimum Gasteiger partial charge on any atom is -0.342 e. The van der Waals surface area contributed by atoms with E-state index in [4.69, 9.17) is 0 Å². The summed E-state index contributed by atoms with van der Waals surface area (Å²) in [4.78, 5) is 21.1. The molecular weight excluding hydrogens is 202 g/mol. The maximum Gasteiger partial charge on any atom is 0.296 e. The van der Waals surface area contributed by atoms with E-state index in [1.807, 2.05) is 30.3 Å². The number of carbonyl (C=O) groups excluding carboxylic acids is 2. The quantitative estimate of drug-likeness (QED) is 0.461. The monoisotopic (exact) mass is 213 g/mol. The van der Waals surface area contributed by atoms with Crippen LogP contribution in [0.15, 0.2) is 42.5 Å². The summed E-state index contributed by atoms with van der Waals surface area (Å²) in [6.45, 7) is 0.307. The second-order valence-electron chi connectivity index (χ2n) is 2.89. The van der Waals surface area contributed by atoms with Crippen molar-refractivity contribution in [1.82, 2.24) is 5.32 Å². The van der Waals surface area contributed by atoms with Gasteiger partial charge in [0.1, 0.15) is 6.29 Å². The van der Waals surface area contributed by atoms with E-state index in [2.05, 4.69) is 17.2 Å². The molecular formula is C13H11NO2. The largest absolute Gasteiger partial charge is 0.342 e. The van der Waals surface area contributed by atoms with Gasteiger partial charge in [-0.25, -0.2) is 0 Å². The van der Waals surface area contributed by atoms with Gasteiger partial charge in [-0.2, -0.15) is 0 Å². The van der Waals surface area contributed by atoms with E-state index >= 15 is 0 Å². The summed E-state index contributed by atoms with van der Waals surface area (Å²) in [6.07, 6.45) is 3.53. The molecule has 0 fully saturated rings. The highest BCUT2D eigenvalue weighted by molar-refractivity contribution is 5.94. The van der Waals surface area contributed by atoms with Crippen molar-refractivity contribution in [2.45, 2.75) is 0 Å². The third-order valence-corrected chi connectivity index (χ3v) is 1.69. The van der Waals surface area contributed by atoms with Crippen molar-refractivity contribution in [2.75, 3.05) is 6.54 Å². The van der Waals surface area contributed by atoms with Gasteiger partial charge in [0.25, 0.3) is 5.91 Å². The lowest BCUT2D eigenvalue weighted by molar-refractivity contribution is -0.115. The summed E-state index contributed by atoms with van der Waals surface area (Å²) in [5.74, 6) is 4.82. The molecule has 3 nitrogen and oxygen atoms in total. The fourth-order valence-corrected chi connectivity index (χ4v) is 0.970. The Morgan fingerprint density at radius 3 is 2.75 bits per heavy atom. The van der Waals surface area contributed by atoms with Crippen LogP contribution in [0.5, 0.6) is 0 Å². The van der Waals surface area contributed by atoms with Crippen LogP contribution in [-0.2, 0) is 9.59 Å². The van der Waals surface area contributed by atoms with Crippen LogP contribution in [0.3, 0.4) is 0 Å². The Hall–Kier alpha value is -2.34. The molecule has 1 N–H and O–H groups in total.